The van der Waals surface area contributed by atoms with E-state index in [-0.39, 0.29) is 0 Å². The number of fused-ring (bicyclic) bond motifs is 4. The minimum atomic E-state index is 0.689. The van der Waals surface area contributed by atoms with E-state index in [0.717, 1.165) is 12.1 Å². The van der Waals surface area contributed by atoms with Crippen molar-refractivity contribution in [2.45, 2.75) is 51.9 Å². The minimum absolute atomic E-state index is 0.689. The van der Waals surface area contributed by atoms with E-state index in [1.807, 2.05) is 0 Å². The molecule has 1 nitrogen and oxygen atoms in total. The average Bonchev–Trinajstić information content (AvgIpc) is 3.57. The van der Waals surface area contributed by atoms with Crippen molar-refractivity contribution in [3.8, 4) is 33.5 Å². The molecule has 0 unspecified atom stereocenters. The van der Waals surface area contributed by atoms with Crippen LogP contribution in [-0.2, 0) is 6.42 Å². The molecule has 0 aliphatic heterocycles. The lowest BCUT2D eigenvalue weighted by molar-refractivity contribution is 0.724. The summed E-state index contributed by atoms with van der Waals surface area (Å²) in [5.74, 6) is 0.689. The topological polar surface area (TPSA) is 12.9 Å². The Labute approximate surface area is 213 Å². The quantitative estimate of drug-likeness (QED) is 0.254. The SMILES string of the molecule is Cc1ccc(-c2cnc(-c3cc(C)cc4c3Cc3ccccc3-4)c3ccc(C4CCCC4)cc23)cc1. The van der Waals surface area contributed by atoms with E-state index in [2.05, 4.69) is 98.9 Å². The van der Waals surface area contributed by atoms with Gasteiger partial charge in [0.25, 0.3) is 0 Å². The van der Waals surface area contributed by atoms with Crippen molar-refractivity contribution in [2.75, 3.05) is 0 Å². The van der Waals surface area contributed by atoms with Crippen LogP contribution in [0.25, 0.3) is 44.3 Å². The number of nitrogens with zero attached hydrogens (tertiary/aromatic N) is 1. The third-order valence-corrected chi connectivity index (χ3v) is 8.42. The van der Waals surface area contributed by atoms with Crippen molar-refractivity contribution in [3.63, 3.8) is 0 Å². The predicted molar refractivity (Wildman–Crippen MR) is 152 cm³/mol. The summed E-state index contributed by atoms with van der Waals surface area (Å²) in [4.78, 5) is 5.18. The van der Waals surface area contributed by atoms with Gasteiger partial charge in [0.05, 0.1) is 5.69 Å². The molecule has 1 saturated carbocycles. The van der Waals surface area contributed by atoms with Crippen LogP contribution in [0.1, 0.15) is 59.4 Å². The molecule has 0 atom stereocenters. The summed E-state index contributed by atoms with van der Waals surface area (Å²) < 4.78 is 0. The summed E-state index contributed by atoms with van der Waals surface area (Å²) in [6.45, 7) is 4.36. The second-order valence-corrected chi connectivity index (χ2v) is 10.8. The number of aromatic nitrogens is 1. The molecule has 0 radical (unpaired) electrons. The summed E-state index contributed by atoms with van der Waals surface area (Å²) >= 11 is 0. The Morgan fingerprint density at radius 1 is 0.667 bits per heavy atom. The first-order valence-electron chi connectivity index (χ1n) is 13.4. The lowest BCUT2D eigenvalue weighted by Gasteiger charge is -2.17. The van der Waals surface area contributed by atoms with E-state index in [1.54, 1.807) is 0 Å². The molecule has 4 aromatic carbocycles. The van der Waals surface area contributed by atoms with Crippen LogP contribution in [0.4, 0.5) is 0 Å². The van der Waals surface area contributed by atoms with Gasteiger partial charge in [0.1, 0.15) is 0 Å². The molecule has 0 bridgehead atoms. The van der Waals surface area contributed by atoms with Gasteiger partial charge in [0.2, 0.25) is 0 Å². The fourth-order valence-electron chi connectivity index (χ4n) is 6.54. The van der Waals surface area contributed by atoms with Gasteiger partial charge in [-0.05, 0) is 89.4 Å². The molecule has 0 saturated heterocycles. The van der Waals surface area contributed by atoms with Gasteiger partial charge >= 0.3 is 0 Å². The van der Waals surface area contributed by atoms with Gasteiger partial charge in [-0.15, -0.1) is 0 Å². The second-order valence-electron chi connectivity index (χ2n) is 10.8. The maximum Gasteiger partial charge on any atom is 0.0783 e. The highest BCUT2D eigenvalue weighted by atomic mass is 14.7. The van der Waals surface area contributed by atoms with E-state index in [4.69, 9.17) is 4.98 Å². The smallest absolute Gasteiger partial charge is 0.0783 e. The molecule has 1 heteroatoms. The van der Waals surface area contributed by atoms with Crippen LogP contribution in [0.5, 0.6) is 0 Å². The van der Waals surface area contributed by atoms with Crippen LogP contribution >= 0.6 is 0 Å². The third kappa shape index (κ3) is 3.49. The highest BCUT2D eigenvalue weighted by Gasteiger charge is 2.24. The van der Waals surface area contributed by atoms with Gasteiger partial charge in [-0.3, -0.25) is 4.98 Å². The monoisotopic (exact) mass is 465 g/mol. The lowest BCUT2D eigenvalue weighted by Crippen LogP contribution is -1.97. The predicted octanol–water partition coefficient (Wildman–Crippen LogP) is 9.41. The Bertz CT molecular complexity index is 1620. The van der Waals surface area contributed by atoms with Gasteiger partial charge in [0, 0.05) is 22.7 Å². The lowest BCUT2D eigenvalue weighted by atomic mass is 9.89. The zero-order chi connectivity index (χ0) is 24.2. The van der Waals surface area contributed by atoms with Gasteiger partial charge < -0.3 is 0 Å². The van der Waals surface area contributed by atoms with Crippen molar-refractivity contribution in [3.05, 3.63) is 113 Å². The van der Waals surface area contributed by atoms with Crippen molar-refractivity contribution in [2.24, 2.45) is 0 Å². The fourth-order valence-corrected chi connectivity index (χ4v) is 6.54. The first kappa shape index (κ1) is 21.6. The van der Waals surface area contributed by atoms with Crippen LogP contribution in [0.2, 0.25) is 0 Å². The molecule has 1 aromatic heterocycles. The zero-order valence-electron chi connectivity index (χ0n) is 21.1. The zero-order valence-corrected chi connectivity index (χ0v) is 21.1. The van der Waals surface area contributed by atoms with Crippen LogP contribution in [-0.4, -0.2) is 4.98 Å². The largest absolute Gasteiger partial charge is 0.255 e. The summed E-state index contributed by atoms with van der Waals surface area (Å²) in [6.07, 6.45) is 8.43. The maximum atomic E-state index is 5.18. The molecule has 2 aliphatic carbocycles. The molecule has 0 N–H and O–H groups in total. The maximum absolute atomic E-state index is 5.18. The van der Waals surface area contributed by atoms with Crippen molar-refractivity contribution < 1.29 is 0 Å². The molecule has 5 aromatic rings. The van der Waals surface area contributed by atoms with E-state index in [9.17, 15) is 0 Å². The molecular formula is C35H31N. The van der Waals surface area contributed by atoms with Crippen molar-refractivity contribution >= 4 is 10.8 Å². The van der Waals surface area contributed by atoms with Crippen LogP contribution in [0.3, 0.4) is 0 Å². The molecule has 1 heterocycles. The Balaban J connectivity index is 1.47. The highest BCUT2D eigenvalue weighted by Crippen LogP contribution is 2.45. The Morgan fingerprint density at radius 2 is 1.44 bits per heavy atom. The molecular weight excluding hydrogens is 434 g/mol. The average molecular weight is 466 g/mol. The van der Waals surface area contributed by atoms with Gasteiger partial charge in [-0.25, -0.2) is 0 Å². The molecule has 7 rings (SSSR count). The molecule has 36 heavy (non-hydrogen) atoms. The fraction of sp³-hybridized carbons (Fsp3) is 0.229. The Morgan fingerprint density at radius 3 is 2.28 bits per heavy atom. The normalized spacial score (nSPS) is 14.8. The van der Waals surface area contributed by atoms with E-state index in [0.29, 0.717) is 5.92 Å². The van der Waals surface area contributed by atoms with E-state index in [1.165, 1.54) is 92.1 Å². The second kappa shape index (κ2) is 8.45. The summed E-state index contributed by atoms with van der Waals surface area (Å²) in [6, 6.07) is 29.7. The molecule has 2 aliphatic rings. The Kier molecular flexibility index (Phi) is 5.06. The van der Waals surface area contributed by atoms with Crippen molar-refractivity contribution in [1.82, 2.24) is 4.98 Å². The first-order chi connectivity index (χ1) is 17.7. The van der Waals surface area contributed by atoms with Gasteiger partial charge in [0.15, 0.2) is 0 Å². The molecule has 1 fully saturated rings. The summed E-state index contributed by atoms with van der Waals surface area (Å²) in [5, 5.41) is 2.59. The molecule has 0 spiro atoms. The summed E-state index contributed by atoms with van der Waals surface area (Å²) in [5.41, 5.74) is 14.5. The molecule has 0 amide bonds. The highest BCUT2D eigenvalue weighted by molar-refractivity contribution is 6.04. The number of benzene rings is 4. The van der Waals surface area contributed by atoms with Crippen molar-refractivity contribution in [1.29, 1.82) is 0 Å². The van der Waals surface area contributed by atoms with E-state index >= 15 is 0 Å². The van der Waals surface area contributed by atoms with Gasteiger partial charge in [-0.2, -0.15) is 0 Å². The van der Waals surface area contributed by atoms with E-state index < -0.39 is 0 Å². The number of aryl methyl sites for hydroxylation is 2. The van der Waals surface area contributed by atoms with Gasteiger partial charge in [-0.1, -0.05) is 91.2 Å². The third-order valence-electron chi connectivity index (χ3n) is 8.42. The first-order valence-corrected chi connectivity index (χ1v) is 13.4. The number of hydrogen-bond acceptors (Lipinski definition) is 1. The number of hydrogen-bond donors (Lipinski definition) is 0. The number of pyridine rings is 1. The Hall–Kier alpha value is -3.71. The number of rotatable bonds is 3. The standard InChI is InChI=1S/C35H31N/c1-22-11-13-25(14-12-22)34-21-36-35(29-16-15-26(19-31(29)34)24-7-3-4-8-24)33-18-23(2)17-30-28-10-6-5-9-27(28)20-32(30)33/h5-6,9-19,21,24H,3-4,7-8,20H2,1-2H3. The summed E-state index contributed by atoms with van der Waals surface area (Å²) in [7, 11) is 0. The minimum Gasteiger partial charge on any atom is -0.255 e. The van der Waals surface area contributed by atoms with Crippen LogP contribution < -0.4 is 0 Å². The van der Waals surface area contributed by atoms with Crippen LogP contribution in [0, 0.1) is 13.8 Å². The molecule has 176 valence electrons. The van der Waals surface area contributed by atoms with Crippen LogP contribution in [0.15, 0.2) is 85.1 Å².